The van der Waals surface area contributed by atoms with Crippen molar-refractivity contribution < 1.29 is 9.15 Å². The van der Waals surface area contributed by atoms with Crippen LogP contribution < -0.4 is 11.2 Å². The minimum Gasteiger partial charge on any atom is -0.466 e. The zero-order chi connectivity index (χ0) is 22.1. The van der Waals surface area contributed by atoms with Crippen molar-refractivity contribution in [3.63, 3.8) is 0 Å². The van der Waals surface area contributed by atoms with Gasteiger partial charge >= 0.3 is 5.69 Å². The van der Waals surface area contributed by atoms with E-state index in [2.05, 4.69) is 18.4 Å². The van der Waals surface area contributed by atoms with Gasteiger partial charge in [-0.2, -0.15) is 0 Å². The molecule has 4 aromatic rings. The second-order valence-electron chi connectivity index (χ2n) is 8.88. The van der Waals surface area contributed by atoms with Crippen LogP contribution in [0.4, 0.5) is 0 Å². The van der Waals surface area contributed by atoms with Gasteiger partial charge in [0.15, 0.2) is 6.10 Å². The zero-order valence-corrected chi connectivity index (χ0v) is 18.3. The zero-order valence-electron chi connectivity index (χ0n) is 18.3. The monoisotopic (exact) mass is 419 g/mol. The van der Waals surface area contributed by atoms with Gasteiger partial charge in [-0.1, -0.05) is 29.8 Å². The lowest BCUT2D eigenvalue weighted by Crippen LogP contribution is -2.40. The number of hydrogen-bond donors (Lipinski definition) is 0. The number of aromatic nitrogens is 3. The smallest absolute Gasteiger partial charge is 0.331 e. The molecule has 0 N–H and O–H groups in total. The van der Waals surface area contributed by atoms with Crippen LogP contribution in [0.25, 0.3) is 22.2 Å². The highest BCUT2D eigenvalue weighted by molar-refractivity contribution is 5.96. The van der Waals surface area contributed by atoms with Crippen LogP contribution in [0.2, 0.25) is 0 Å². The summed E-state index contributed by atoms with van der Waals surface area (Å²) in [5.41, 5.74) is 3.06. The van der Waals surface area contributed by atoms with Crippen LogP contribution in [-0.2, 0) is 24.4 Å². The Kier molecular flexibility index (Phi) is 4.17. The van der Waals surface area contributed by atoms with E-state index in [0.717, 1.165) is 22.5 Å². The summed E-state index contributed by atoms with van der Waals surface area (Å²) < 4.78 is 16.8. The molecule has 1 unspecified atom stereocenters. The molecule has 1 atom stereocenters. The fraction of sp³-hybridized carbons (Fsp3) is 0.333. The SMILES string of the molecule is Cc1ccc(-c2c3c(=O)n(C)c(=O)n(C)c3c3n2C(C)(C)COC3c2ccco2)cc1. The average Bonchev–Trinajstić information content (AvgIpc) is 3.39. The topological polar surface area (TPSA) is 71.3 Å². The maximum Gasteiger partial charge on any atom is 0.331 e. The Morgan fingerprint density at radius 1 is 1.03 bits per heavy atom. The Balaban J connectivity index is 2.03. The van der Waals surface area contributed by atoms with Crippen LogP contribution >= 0.6 is 0 Å². The third-order valence-electron chi connectivity index (χ3n) is 6.19. The second-order valence-corrected chi connectivity index (χ2v) is 8.88. The third kappa shape index (κ3) is 2.69. The molecule has 0 aliphatic carbocycles. The predicted octanol–water partition coefficient (Wildman–Crippen LogP) is 3.46. The molecule has 160 valence electrons. The van der Waals surface area contributed by atoms with Crippen molar-refractivity contribution in [2.45, 2.75) is 32.4 Å². The maximum absolute atomic E-state index is 13.5. The van der Waals surface area contributed by atoms with Crippen LogP contribution in [-0.4, -0.2) is 20.3 Å². The lowest BCUT2D eigenvalue weighted by molar-refractivity contribution is -0.0164. The average molecular weight is 419 g/mol. The number of hydrogen-bond acceptors (Lipinski definition) is 4. The molecule has 31 heavy (non-hydrogen) atoms. The van der Waals surface area contributed by atoms with Crippen molar-refractivity contribution in [1.29, 1.82) is 0 Å². The van der Waals surface area contributed by atoms with Gasteiger partial charge in [-0.05, 0) is 38.5 Å². The minimum absolute atomic E-state index is 0.315. The Labute approximate surface area is 179 Å². The Hall–Kier alpha value is -3.32. The molecule has 1 aromatic carbocycles. The van der Waals surface area contributed by atoms with Crippen LogP contribution in [0.15, 0.2) is 56.7 Å². The number of ether oxygens (including phenoxy) is 1. The highest BCUT2D eigenvalue weighted by atomic mass is 16.5. The van der Waals surface area contributed by atoms with Crippen molar-refractivity contribution in [3.8, 4) is 11.3 Å². The van der Waals surface area contributed by atoms with Gasteiger partial charge in [0.05, 0.1) is 40.7 Å². The van der Waals surface area contributed by atoms with Gasteiger partial charge in [-0.25, -0.2) is 4.79 Å². The summed E-state index contributed by atoms with van der Waals surface area (Å²) >= 11 is 0. The van der Waals surface area contributed by atoms with Gasteiger partial charge in [0.1, 0.15) is 5.76 Å². The molecule has 0 bridgehead atoms. The van der Waals surface area contributed by atoms with Gasteiger partial charge in [0, 0.05) is 14.1 Å². The van der Waals surface area contributed by atoms with Crippen molar-refractivity contribution >= 4 is 10.9 Å². The van der Waals surface area contributed by atoms with Gasteiger partial charge in [-0.3, -0.25) is 13.9 Å². The quantitative estimate of drug-likeness (QED) is 0.499. The number of benzene rings is 1. The number of furan rings is 1. The largest absolute Gasteiger partial charge is 0.466 e. The van der Waals surface area contributed by atoms with E-state index in [1.165, 1.54) is 11.6 Å². The molecule has 1 aliphatic rings. The van der Waals surface area contributed by atoms with E-state index in [-0.39, 0.29) is 11.2 Å². The maximum atomic E-state index is 13.5. The fourth-order valence-corrected chi connectivity index (χ4v) is 4.64. The highest BCUT2D eigenvalue weighted by Gasteiger charge is 2.41. The molecule has 0 radical (unpaired) electrons. The van der Waals surface area contributed by atoms with E-state index in [1.54, 1.807) is 17.9 Å². The van der Waals surface area contributed by atoms with Crippen molar-refractivity contribution in [2.24, 2.45) is 14.1 Å². The predicted molar refractivity (Wildman–Crippen MR) is 118 cm³/mol. The normalized spacial score (nSPS) is 17.8. The standard InChI is InChI=1S/C24H25N3O4/c1-14-8-10-15(11-9-14)18-17-19(25(4)23(29)26(5)22(17)28)20-21(16-7-6-12-30-16)31-13-24(2,3)27(18)20/h6-12,21H,13H2,1-5H3. The van der Waals surface area contributed by atoms with E-state index in [9.17, 15) is 9.59 Å². The number of rotatable bonds is 2. The first-order valence-electron chi connectivity index (χ1n) is 10.3. The summed E-state index contributed by atoms with van der Waals surface area (Å²) in [6, 6.07) is 11.8. The van der Waals surface area contributed by atoms with Crippen LogP contribution in [0.3, 0.4) is 0 Å². The van der Waals surface area contributed by atoms with E-state index in [1.807, 2.05) is 43.3 Å². The first-order valence-corrected chi connectivity index (χ1v) is 10.3. The highest BCUT2D eigenvalue weighted by Crippen LogP contribution is 2.45. The van der Waals surface area contributed by atoms with Gasteiger partial charge in [0.2, 0.25) is 0 Å². The van der Waals surface area contributed by atoms with Gasteiger partial charge < -0.3 is 13.7 Å². The number of fused-ring (bicyclic) bond motifs is 3. The first kappa shape index (κ1) is 19.6. The van der Waals surface area contributed by atoms with E-state index >= 15 is 0 Å². The molecule has 7 nitrogen and oxygen atoms in total. The van der Waals surface area contributed by atoms with E-state index in [0.29, 0.717) is 23.3 Å². The summed E-state index contributed by atoms with van der Waals surface area (Å²) in [6.45, 7) is 6.62. The molecule has 0 amide bonds. The molecule has 4 heterocycles. The molecule has 1 aliphatic heterocycles. The summed E-state index contributed by atoms with van der Waals surface area (Å²) in [7, 11) is 3.22. The summed E-state index contributed by atoms with van der Waals surface area (Å²) in [5.74, 6) is 0.639. The second kappa shape index (κ2) is 6.59. The van der Waals surface area contributed by atoms with Crippen LogP contribution in [0.1, 0.15) is 37.0 Å². The first-order chi connectivity index (χ1) is 14.7. The van der Waals surface area contributed by atoms with E-state index in [4.69, 9.17) is 9.15 Å². The molecule has 0 spiro atoms. The Morgan fingerprint density at radius 2 is 1.74 bits per heavy atom. The number of aryl methyl sites for hydroxylation is 2. The Morgan fingerprint density at radius 3 is 2.39 bits per heavy atom. The number of nitrogens with zero attached hydrogens (tertiary/aromatic N) is 3. The lowest BCUT2D eigenvalue weighted by atomic mass is 10.00. The summed E-state index contributed by atoms with van der Waals surface area (Å²) in [4.78, 5) is 26.3. The minimum atomic E-state index is -0.526. The lowest BCUT2D eigenvalue weighted by Gasteiger charge is -2.38. The molecular weight excluding hydrogens is 394 g/mol. The molecular formula is C24H25N3O4. The van der Waals surface area contributed by atoms with E-state index < -0.39 is 11.6 Å². The van der Waals surface area contributed by atoms with Gasteiger partial charge in [0.25, 0.3) is 5.56 Å². The summed E-state index contributed by atoms with van der Waals surface area (Å²) in [5, 5.41) is 0.513. The fourth-order valence-electron chi connectivity index (χ4n) is 4.64. The Bertz CT molecular complexity index is 1420. The van der Waals surface area contributed by atoms with Crippen LogP contribution in [0, 0.1) is 6.92 Å². The summed E-state index contributed by atoms with van der Waals surface area (Å²) in [6.07, 6.45) is 1.08. The molecule has 7 heteroatoms. The van der Waals surface area contributed by atoms with Crippen LogP contribution in [0.5, 0.6) is 0 Å². The third-order valence-corrected chi connectivity index (χ3v) is 6.19. The van der Waals surface area contributed by atoms with Crippen molar-refractivity contribution in [3.05, 3.63) is 80.5 Å². The molecule has 0 saturated carbocycles. The van der Waals surface area contributed by atoms with Gasteiger partial charge in [-0.15, -0.1) is 0 Å². The molecule has 0 fully saturated rings. The van der Waals surface area contributed by atoms with Crippen molar-refractivity contribution in [2.75, 3.05) is 6.61 Å². The van der Waals surface area contributed by atoms with Crippen molar-refractivity contribution in [1.82, 2.24) is 13.7 Å². The molecule has 0 saturated heterocycles. The molecule has 3 aromatic heterocycles. The molecule has 5 rings (SSSR count).